The zero-order valence-corrected chi connectivity index (χ0v) is 16.1. The first-order valence-electron chi connectivity index (χ1n) is 8.60. The second-order valence-corrected chi connectivity index (χ2v) is 6.09. The predicted molar refractivity (Wildman–Crippen MR) is 98.2 cm³/mol. The summed E-state index contributed by atoms with van der Waals surface area (Å²) in [6, 6.07) is 6.67. The maximum absolute atomic E-state index is 12.6. The summed E-state index contributed by atoms with van der Waals surface area (Å²) in [4.78, 5) is 39.8. The van der Waals surface area contributed by atoms with Gasteiger partial charge in [-0.3, -0.25) is 0 Å². The van der Waals surface area contributed by atoms with E-state index in [4.69, 9.17) is 9.47 Å². The van der Waals surface area contributed by atoms with Gasteiger partial charge in [-0.1, -0.05) is 24.3 Å². The first kappa shape index (κ1) is 20.9. The van der Waals surface area contributed by atoms with Crippen molar-refractivity contribution in [3.8, 4) is 0 Å². The molecule has 0 saturated heterocycles. The van der Waals surface area contributed by atoms with Crippen LogP contribution in [-0.4, -0.2) is 30.7 Å². The van der Waals surface area contributed by atoms with Crippen molar-refractivity contribution < 1.29 is 29.0 Å². The number of hydrogen-bond donors (Lipinski definition) is 1. The Balaban J connectivity index is 2.50. The molecular formula is C19H22N2O7. The molecule has 1 aliphatic rings. The minimum atomic E-state index is -0.868. The van der Waals surface area contributed by atoms with E-state index in [0.29, 0.717) is 33.7 Å². The number of nitrogens with one attached hydrogen (secondary N) is 1. The SMILES string of the molecule is CCOC(=O)C1=C(C)NC(C)=C(C(=O)OC)C1c1ccc(CO[N+](=O)[O-])cc1. The van der Waals surface area contributed by atoms with Gasteiger partial charge in [0, 0.05) is 11.4 Å². The lowest BCUT2D eigenvalue weighted by Gasteiger charge is -2.30. The van der Waals surface area contributed by atoms with Crippen molar-refractivity contribution in [1.82, 2.24) is 5.32 Å². The van der Waals surface area contributed by atoms with Crippen molar-refractivity contribution in [1.29, 1.82) is 0 Å². The van der Waals surface area contributed by atoms with Crippen LogP contribution in [0.4, 0.5) is 0 Å². The number of methoxy groups -OCH3 is 1. The minimum absolute atomic E-state index is 0.190. The van der Waals surface area contributed by atoms with Crippen molar-refractivity contribution in [3.05, 3.63) is 68.0 Å². The Bertz CT molecular complexity index is 840. The summed E-state index contributed by atoms with van der Waals surface area (Å²) in [7, 11) is 1.27. The third-order valence-corrected chi connectivity index (χ3v) is 4.31. The molecule has 1 heterocycles. The molecule has 0 radical (unpaired) electrons. The molecule has 1 atom stereocenters. The van der Waals surface area contributed by atoms with Crippen LogP contribution in [0.3, 0.4) is 0 Å². The number of benzene rings is 1. The summed E-state index contributed by atoms with van der Waals surface area (Å²) < 4.78 is 10.1. The maximum Gasteiger partial charge on any atom is 0.336 e. The van der Waals surface area contributed by atoms with Crippen LogP contribution in [0.25, 0.3) is 0 Å². The standard InChI is InChI=1S/C19H22N2O7/c1-5-27-19(23)16-12(3)20-11(2)15(18(22)26-4)17(16)14-8-6-13(7-9-14)10-28-21(24)25/h6-9,17,20H,5,10H2,1-4H3. The molecule has 0 fully saturated rings. The molecule has 1 aliphatic heterocycles. The molecule has 0 bridgehead atoms. The van der Waals surface area contributed by atoms with Gasteiger partial charge in [-0.05, 0) is 31.9 Å². The number of esters is 2. The van der Waals surface area contributed by atoms with Gasteiger partial charge in [0.2, 0.25) is 0 Å². The first-order valence-corrected chi connectivity index (χ1v) is 8.60. The molecule has 0 saturated carbocycles. The van der Waals surface area contributed by atoms with Crippen molar-refractivity contribution >= 4 is 11.9 Å². The van der Waals surface area contributed by atoms with Gasteiger partial charge in [0.1, 0.15) is 6.61 Å². The Morgan fingerprint density at radius 2 is 1.68 bits per heavy atom. The summed E-state index contributed by atoms with van der Waals surface area (Å²) in [6.07, 6.45) is 0. The average molecular weight is 390 g/mol. The number of dihydropyridines is 1. The minimum Gasteiger partial charge on any atom is -0.466 e. The summed E-state index contributed by atoms with van der Waals surface area (Å²) in [6.45, 7) is 5.15. The van der Waals surface area contributed by atoms with Gasteiger partial charge in [0.25, 0.3) is 5.09 Å². The molecule has 9 nitrogen and oxygen atoms in total. The van der Waals surface area contributed by atoms with Crippen molar-refractivity contribution in [2.24, 2.45) is 0 Å². The second kappa shape index (κ2) is 9.03. The topological polar surface area (TPSA) is 117 Å². The predicted octanol–water partition coefficient (Wildman–Crippen LogP) is 2.37. The molecule has 1 unspecified atom stereocenters. The van der Waals surface area contributed by atoms with Crippen LogP contribution in [0.5, 0.6) is 0 Å². The van der Waals surface area contributed by atoms with Crippen molar-refractivity contribution in [2.75, 3.05) is 13.7 Å². The molecule has 0 spiro atoms. The number of nitrogens with zero attached hydrogens (tertiary/aromatic N) is 1. The van der Waals surface area contributed by atoms with E-state index in [1.165, 1.54) is 7.11 Å². The number of allylic oxidation sites excluding steroid dienone is 2. The normalized spacial score (nSPS) is 16.4. The lowest BCUT2D eigenvalue weighted by Crippen LogP contribution is -2.32. The molecule has 2 rings (SSSR count). The van der Waals surface area contributed by atoms with E-state index in [1.54, 1.807) is 45.0 Å². The van der Waals surface area contributed by atoms with E-state index < -0.39 is 22.9 Å². The van der Waals surface area contributed by atoms with E-state index in [1.807, 2.05) is 0 Å². The summed E-state index contributed by atoms with van der Waals surface area (Å²) in [5, 5.41) is 12.5. The Hall–Kier alpha value is -3.36. The number of carbonyl (C=O) groups is 2. The van der Waals surface area contributed by atoms with Gasteiger partial charge in [0.05, 0.1) is 30.8 Å². The summed E-state index contributed by atoms with van der Waals surface area (Å²) >= 11 is 0. The first-order chi connectivity index (χ1) is 13.3. The molecule has 150 valence electrons. The van der Waals surface area contributed by atoms with Crippen LogP contribution < -0.4 is 5.32 Å². The molecule has 1 aromatic carbocycles. The highest BCUT2D eigenvalue weighted by molar-refractivity contribution is 5.99. The third-order valence-electron chi connectivity index (χ3n) is 4.31. The number of ether oxygens (including phenoxy) is 2. The van der Waals surface area contributed by atoms with E-state index >= 15 is 0 Å². The van der Waals surface area contributed by atoms with Crippen molar-refractivity contribution in [2.45, 2.75) is 33.3 Å². The fourth-order valence-electron chi connectivity index (χ4n) is 3.12. The third kappa shape index (κ3) is 4.48. The van der Waals surface area contributed by atoms with E-state index in [0.717, 1.165) is 0 Å². The number of hydrogen-bond acceptors (Lipinski definition) is 8. The second-order valence-electron chi connectivity index (χ2n) is 6.09. The van der Waals surface area contributed by atoms with Gasteiger partial charge in [-0.2, -0.15) is 0 Å². The lowest BCUT2D eigenvalue weighted by atomic mass is 9.80. The fraction of sp³-hybridized carbons (Fsp3) is 0.368. The van der Waals surface area contributed by atoms with Crippen LogP contribution in [-0.2, 0) is 30.5 Å². The molecule has 0 amide bonds. The van der Waals surface area contributed by atoms with Gasteiger partial charge >= 0.3 is 11.9 Å². The molecule has 0 aliphatic carbocycles. The van der Waals surface area contributed by atoms with Crippen LogP contribution >= 0.6 is 0 Å². The van der Waals surface area contributed by atoms with Gasteiger partial charge in [0.15, 0.2) is 0 Å². The van der Waals surface area contributed by atoms with E-state index in [2.05, 4.69) is 10.2 Å². The average Bonchev–Trinajstić information content (AvgIpc) is 2.65. The Labute approximate surface area is 162 Å². The number of carbonyl (C=O) groups excluding carboxylic acids is 2. The monoisotopic (exact) mass is 390 g/mol. The molecule has 1 aromatic rings. The van der Waals surface area contributed by atoms with Crippen LogP contribution in [0.1, 0.15) is 37.8 Å². The van der Waals surface area contributed by atoms with Gasteiger partial charge in [-0.25, -0.2) is 9.59 Å². The molecule has 1 N–H and O–H groups in total. The highest BCUT2D eigenvalue weighted by Gasteiger charge is 2.37. The maximum atomic E-state index is 12.6. The highest BCUT2D eigenvalue weighted by Crippen LogP contribution is 2.39. The zero-order chi connectivity index (χ0) is 20.8. The van der Waals surface area contributed by atoms with Gasteiger partial charge in [-0.15, -0.1) is 10.1 Å². The molecule has 0 aromatic heterocycles. The molecule has 28 heavy (non-hydrogen) atoms. The Morgan fingerprint density at radius 1 is 1.11 bits per heavy atom. The lowest BCUT2D eigenvalue weighted by molar-refractivity contribution is -0.763. The fourth-order valence-corrected chi connectivity index (χ4v) is 3.12. The van der Waals surface area contributed by atoms with Crippen molar-refractivity contribution in [3.63, 3.8) is 0 Å². The molecular weight excluding hydrogens is 368 g/mol. The van der Waals surface area contributed by atoms with Crippen LogP contribution in [0.2, 0.25) is 0 Å². The van der Waals surface area contributed by atoms with E-state index in [-0.39, 0.29) is 13.2 Å². The summed E-state index contributed by atoms with van der Waals surface area (Å²) in [5.41, 5.74) is 2.98. The zero-order valence-electron chi connectivity index (χ0n) is 16.1. The largest absolute Gasteiger partial charge is 0.466 e. The van der Waals surface area contributed by atoms with Gasteiger partial charge < -0.3 is 19.6 Å². The molecule has 9 heteroatoms. The van der Waals surface area contributed by atoms with Crippen LogP contribution in [0.15, 0.2) is 46.8 Å². The highest BCUT2D eigenvalue weighted by atomic mass is 16.9. The van der Waals surface area contributed by atoms with E-state index in [9.17, 15) is 19.7 Å². The number of rotatable bonds is 7. The Morgan fingerprint density at radius 3 is 2.18 bits per heavy atom. The smallest absolute Gasteiger partial charge is 0.336 e. The Kier molecular flexibility index (Phi) is 6.75. The van der Waals surface area contributed by atoms with Crippen LogP contribution in [0, 0.1) is 10.1 Å². The summed E-state index contributed by atoms with van der Waals surface area (Å²) in [5.74, 6) is -1.80. The quantitative estimate of drug-likeness (QED) is 0.428.